The third-order valence-electron chi connectivity index (χ3n) is 0.373. The number of hydrogen-bond donors (Lipinski definition) is 1. The van der Waals surface area contributed by atoms with Gasteiger partial charge in [-0.05, 0) is 0 Å². The van der Waals surface area contributed by atoms with Crippen molar-refractivity contribution in [3.63, 3.8) is 0 Å². The van der Waals surface area contributed by atoms with Crippen molar-refractivity contribution in [2.75, 3.05) is 6.79 Å². The molecule has 0 saturated heterocycles. The first-order valence-corrected chi connectivity index (χ1v) is 1.71. The molecule has 0 aliphatic rings. The maximum atomic E-state index is 9.91. The molecular formula is C4H6NaO3. The topological polar surface area (TPSA) is 46.5 Å². The van der Waals surface area contributed by atoms with Crippen LogP contribution in [0.15, 0.2) is 12.7 Å². The molecule has 0 unspecified atom stereocenters. The van der Waals surface area contributed by atoms with Crippen molar-refractivity contribution in [3.8, 4) is 0 Å². The van der Waals surface area contributed by atoms with Crippen molar-refractivity contribution in [2.45, 2.75) is 0 Å². The Morgan fingerprint density at radius 2 is 2.38 bits per heavy atom. The number of carbonyl (C=O) groups is 1. The van der Waals surface area contributed by atoms with Crippen molar-refractivity contribution < 1.29 is 14.6 Å². The molecule has 0 aromatic rings. The van der Waals surface area contributed by atoms with Crippen LogP contribution in [0.2, 0.25) is 0 Å². The van der Waals surface area contributed by atoms with Gasteiger partial charge >= 0.3 is 5.97 Å². The molecule has 0 heterocycles. The van der Waals surface area contributed by atoms with Crippen molar-refractivity contribution >= 4 is 35.5 Å². The van der Waals surface area contributed by atoms with Gasteiger partial charge in [0.15, 0.2) is 6.79 Å². The molecule has 0 bridgehead atoms. The summed E-state index contributed by atoms with van der Waals surface area (Å²) in [5.41, 5.74) is 0. The van der Waals surface area contributed by atoms with Crippen LogP contribution in [0.5, 0.6) is 0 Å². The van der Waals surface area contributed by atoms with Gasteiger partial charge in [-0.3, -0.25) is 0 Å². The molecule has 0 aromatic carbocycles. The van der Waals surface area contributed by atoms with Gasteiger partial charge in [-0.15, -0.1) is 0 Å². The zero-order chi connectivity index (χ0) is 5.70. The smallest absolute Gasteiger partial charge is 0.332 e. The minimum absolute atomic E-state index is 0. The van der Waals surface area contributed by atoms with Gasteiger partial charge in [0.2, 0.25) is 0 Å². The Hall–Kier alpha value is 0.170. The third-order valence-corrected chi connectivity index (χ3v) is 0.373. The van der Waals surface area contributed by atoms with E-state index < -0.39 is 12.8 Å². The second kappa shape index (κ2) is 7.17. The first-order valence-electron chi connectivity index (χ1n) is 1.71. The number of carbonyl (C=O) groups excluding carboxylic acids is 1. The summed E-state index contributed by atoms with van der Waals surface area (Å²) in [5, 5.41) is 7.88. The van der Waals surface area contributed by atoms with Crippen molar-refractivity contribution in [1.82, 2.24) is 0 Å². The van der Waals surface area contributed by atoms with Gasteiger partial charge in [-0.2, -0.15) is 0 Å². The van der Waals surface area contributed by atoms with Gasteiger partial charge in [0.05, 0.1) is 0 Å². The molecule has 3 nitrogen and oxygen atoms in total. The van der Waals surface area contributed by atoms with E-state index in [1.165, 1.54) is 0 Å². The van der Waals surface area contributed by atoms with Gasteiger partial charge in [0, 0.05) is 35.6 Å². The van der Waals surface area contributed by atoms with Crippen molar-refractivity contribution in [3.05, 3.63) is 12.7 Å². The Kier molecular flexibility index (Phi) is 9.89. The second-order valence-corrected chi connectivity index (χ2v) is 0.797. The SMILES string of the molecule is C=CC(=O)OCO.[Na]. The van der Waals surface area contributed by atoms with Crippen LogP contribution in [0, 0.1) is 0 Å². The fourth-order valence-electron chi connectivity index (χ4n) is 0.123. The zero-order valence-electron chi connectivity index (χ0n) is 4.76. The van der Waals surface area contributed by atoms with Gasteiger partial charge in [0.25, 0.3) is 0 Å². The predicted molar refractivity (Wildman–Crippen MR) is 29.1 cm³/mol. The van der Waals surface area contributed by atoms with Gasteiger partial charge in [-0.25, -0.2) is 4.79 Å². The zero-order valence-corrected chi connectivity index (χ0v) is 6.76. The number of aliphatic hydroxyl groups is 1. The second-order valence-electron chi connectivity index (χ2n) is 0.797. The summed E-state index contributed by atoms with van der Waals surface area (Å²) in [4.78, 5) is 9.91. The fraction of sp³-hybridized carbons (Fsp3) is 0.250. The van der Waals surface area contributed by atoms with E-state index in [9.17, 15) is 4.79 Å². The molecule has 0 amide bonds. The fourth-order valence-corrected chi connectivity index (χ4v) is 0.123. The van der Waals surface area contributed by atoms with E-state index in [4.69, 9.17) is 5.11 Å². The molecule has 1 radical (unpaired) electrons. The third kappa shape index (κ3) is 6.17. The Morgan fingerprint density at radius 1 is 1.88 bits per heavy atom. The summed E-state index contributed by atoms with van der Waals surface area (Å²) in [6.07, 6.45) is 0.982. The van der Waals surface area contributed by atoms with Crippen molar-refractivity contribution in [2.24, 2.45) is 0 Å². The molecular weight excluding hydrogens is 119 g/mol. The minimum atomic E-state index is -0.609. The van der Waals surface area contributed by atoms with Crippen molar-refractivity contribution in [1.29, 1.82) is 0 Å². The van der Waals surface area contributed by atoms with Crippen LogP contribution in [0.1, 0.15) is 0 Å². The van der Waals surface area contributed by atoms with Crippen LogP contribution in [0.25, 0.3) is 0 Å². The molecule has 0 aromatic heterocycles. The first-order chi connectivity index (χ1) is 3.31. The van der Waals surface area contributed by atoms with E-state index in [1.54, 1.807) is 0 Å². The monoisotopic (exact) mass is 125 g/mol. The quantitative estimate of drug-likeness (QED) is 0.229. The molecule has 0 aliphatic carbocycles. The van der Waals surface area contributed by atoms with Gasteiger partial charge in [-0.1, -0.05) is 6.58 Å². The number of hydrogen-bond acceptors (Lipinski definition) is 3. The largest absolute Gasteiger partial charge is 0.436 e. The Morgan fingerprint density at radius 3 is 2.50 bits per heavy atom. The molecule has 0 aliphatic heterocycles. The van der Waals surface area contributed by atoms with Crippen LogP contribution >= 0.6 is 0 Å². The van der Waals surface area contributed by atoms with Crippen LogP contribution in [-0.2, 0) is 9.53 Å². The number of esters is 1. The normalized spacial score (nSPS) is 6.62. The van der Waals surface area contributed by atoms with Crippen LogP contribution < -0.4 is 0 Å². The van der Waals surface area contributed by atoms with E-state index in [2.05, 4.69) is 11.3 Å². The standard InChI is InChI=1S/C4H6O3.Na/c1-2-4(6)7-3-5;/h2,5H,1,3H2;. The maximum absolute atomic E-state index is 9.91. The van der Waals surface area contributed by atoms with E-state index in [0.29, 0.717) is 0 Å². The maximum Gasteiger partial charge on any atom is 0.332 e. The number of aliphatic hydroxyl groups excluding tert-OH is 1. The van der Waals surface area contributed by atoms with E-state index in [1.807, 2.05) is 0 Å². The summed E-state index contributed by atoms with van der Waals surface area (Å²) in [6.45, 7) is 2.52. The van der Waals surface area contributed by atoms with E-state index in [-0.39, 0.29) is 29.6 Å². The molecule has 1 N–H and O–H groups in total. The Labute approximate surface area is 69.6 Å². The first kappa shape index (κ1) is 11.0. The van der Waals surface area contributed by atoms with Gasteiger partial charge < -0.3 is 9.84 Å². The molecule has 0 saturated carbocycles. The average molecular weight is 125 g/mol. The van der Waals surface area contributed by atoms with Crippen LogP contribution in [0.4, 0.5) is 0 Å². The summed E-state index contributed by atoms with van der Waals surface area (Å²) in [5.74, 6) is -0.609. The number of ether oxygens (including phenoxy) is 1. The molecule has 0 fully saturated rings. The molecule has 8 heavy (non-hydrogen) atoms. The average Bonchev–Trinajstić information content (AvgIpc) is 1.68. The molecule has 0 spiro atoms. The van der Waals surface area contributed by atoms with E-state index >= 15 is 0 Å². The molecule has 41 valence electrons. The summed E-state index contributed by atoms with van der Waals surface area (Å²) >= 11 is 0. The van der Waals surface area contributed by atoms with Gasteiger partial charge in [0.1, 0.15) is 0 Å². The molecule has 0 atom stereocenters. The van der Waals surface area contributed by atoms with E-state index in [0.717, 1.165) is 6.08 Å². The summed E-state index contributed by atoms with van der Waals surface area (Å²) < 4.78 is 3.99. The molecule has 4 heteroatoms. The molecule has 0 rings (SSSR count). The Balaban J connectivity index is 0. The predicted octanol–water partition coefficient (Wildman–Crippen LogP) is -0.715. The Bertz CT molecular complexity index is 81.4. The number of rotatable bonds is 2. The summed E-state index contributed by atoms with van der Waals surface area (Å²) in [6, 6.07) is 0. The minimum Gasteiger partial charge on any atom is -0.436 e. The summed E-state index contributed by atoms with van der Waals surface area (Å²) in [7, 11) is 0. The van der Waals surface area contributed by atoms with Crippen LogP contribution in [0.3, 0.4) is 0 Å². The van der Waals surface area contributed by atoms with Crippen LogP contribution in [-0.4, -0.2) is 47.4 Å².